The lowest BCUT2D eigenvalue weighted by Gasteiger charge is -2.33. The molecule has 0 atom stereocenters. The van der Waals surface area contributed by atoms with Crippen molar-refractivity contribution in [1.82, 2.24) is 0 Å². The van der Waals surface area contributed by atoms with Crippen LogP contribution in [0.4, 0.5) is 4.79 Å². The van der Waals surface area contributed by atoms with Crippen molar-refractivity contribution >= 4 is 24.3 Å². The van der Waals surface area contributed by atoms with Crippen LogP contribution in [0.15, 0.2) is 92.5 Å². The second-order valence-electron chi connectivity index (χ2n) is 10.0. The lowest BCUT2D eigenvalue weighted by Crippen LogP contribution is -2.42. The van der Waals surface area contributed by atoms with Gasteiger partial charge in [0.2, 0.25) is 0 Å². The van der Waals surface area contributed by atoms with Crippen LogP contribution in [0.3, 0.4) is 0 Å². The van der Waals surface area contributed by atoms with Crippen molar-refractivity contribution in [3.63, 3.8) is 0 Å². The van der Waals surface area contributed by atoms with E-state index in [-0.39, 0.29) is 19.8 Å². The summed E-state index contributed by atoms with van der Waals surface area (Å²) in [5.41, 5.74) is 10.7. The molecule has 0 bridgehead atoms. The summed E-state index contributed by atoms with van der Waals surface area (Å²) >= 11 is 0. The highest BCUT2D eigenvalue weighted by atomic mass is 16.6. The molecule has 7 nitrogen and oxygen atoms in total. The predicted octanol–water partition coefficient (Wildman–Crippen LogP) is 6.66. The Labute approximate surface area is 249 Å². The van der Waals surface area contributed by atoms with Gasteiger partial charge in [-0.05, 0) is 33.4 Å². The van der Waals surface area contributed by atoms with Crippen LogP contribution in [0.25, 0.3) is 18.2 Å². The third kappa shape index (κ3) is 11.5. The van der Waals surface area contributed by atoms with E-state index >= 15 is 0 Å². The number of nitrogens with two attached hydrogens (primary N) is 1. The standard InChI is InChI=1S/C35H41NO6/c1-4-28-7-13-31(14-8-28)21-39-25-35(24-38-19-20-42-34(36)37,26-40-22-32-15-9-29(5-2)10-16-32)27-41-23-33-17-11-30(6-3)12-18-33/h4-18H,1-3,19-27H2,(H2,36,37). The molecule has 0 aliphatic rings. The van der Waals surface area contributed by atoms with Crippen molar-refractivity contribution in [1.29, 1.82) is 0 Å². The number of hydrogen-bond donors (Lipinski definition) is 1. The summed E-state index contributed by atoms with van der Waals surface area (Å²) < 4.78 is 29.5. The summed E-state index contributed by atoms with van der Waals surface area (Å²) in [5, 5.41) is 0. The molecule has 0 aliphatic carbocycles. The zero-order chi connectivity index (χ0) is 30.0. The molecule has 0 aromatic heterocycles. The number of primary amides is 1. The molecular weight excluding hydrogens is 530 g/mol. The van der Waals surface area contributed by atoms with E-state index in [1.165, 1.54) is 0 Å². The number of hydrogen-bond acceptors (Lipinski definition) is 6. The number of ether oxygens (including phenoxy) is 5. The number of rotatable bonds is 20. The molecule has 0 heterocycles. The van der Waals surface area contributed by atoms with E-state index in [1.807, 2.05) is 72.8 Å². The summed E-state index contributed by atoms with van der Waals surface area (Å²) in [6.07, 6.45) is 4.57. The van der Waals surface area contributed by atoms with E-state index < -0.39 is 11.5 Å². The predicted molar refractivity (Wildman–Crippen MR) is 167 cm³/mol. The summed E-state index contributed by atoms with van der Waals surface area (Å²) in [6, 6.07) is 24.1. The third-order valence-electron chi connectivity index (χ3n) is 6.56. The van der Waals surface area contributed by atoms with Crippen LogP contribution < -0.4 is 5.73 Å². The van der Waals surface area contributed by atoms with E-state index in [1.54, 1.807) is 18.2 Å². The third-order valence-corrected chi connectivity index (χ3v) is 6.56. The SMILES string of the molecule is C=Cc1ccc(COCC(COCCOC(N)=O)(COCc2ccc(C=C)cc2)COCc2ccc(C=C)cc2)cc1. The van der Waals surface area contributed by atoms with Crippen molar-refractivity contribution < 1.29 is 28.5 Å². The van der Waals surface area contributed by atoms with Crippen molar-refractivity contribution in [2.24, 2.45) is 11.1 Å². The zero-order valence-corrected chi connectivity index (χ0v) is 24.2. The molecule has 2 N–H and O–H groups in total. The monoisotopic (exact) mass is 571 g/mol. The van der Waals surface area contributed by atoms with Gasteiger partial charge in [0.15, 0.2) is 0 Å². The first kappa shape index (κ1) is 32.5. The van der Waals surface area contributed by atoms with Crippen LogP contribution >= 0.6 is 0 Å². The molecule has 1 amide bonds. The first-order valence-corrected chi connectivity index (χ1v) is 13.8. The number of carbonyl (C=O) groups is 1. The minimum Gasteiger partial charge on any atom is -0.447 e. The molecule has 42 heavy (non-hydrogen) atoms. The highest BCUT2D eigenvalue weighted by Gasteiger charge is 2.33. The van der Waals surface area contributed by atoms with Crippen molar-refractivity contribution in [3.05, 3.63) is 126 Å². The molecule has 0 aliphatic heterocycles. The highest BCUT2D eigenvalue weighted by molar-refractivity contribution is 5.64. The van der Waals surface area contributed by atoms with Crippen LogP contribution in [0.5, 0.6) is 0 Å². The average Bonchev–Trinajstić information content (AvgIpc) is 3.01. The minimum absolute atomic E-state index is 0.0505. The number of amides is 1. The van der Waals surface area contributed by atoms with Crippen LogP contribution in [-0.2, 0) is 43.5 Å². The Kier molecular flexibility index (Phi) is 13.7. The summed E-state index contributed by atoms with van der Waals surface area (Å²) in [4.78, 5) is 11.0. The normalized spacial score (nSPS) is 11.1. The Morgan fingerprint density at radius 3 is 1.21 bits per heavy atom. The Balaban J connectivity index is 1.71. The molecule has 0 saturated carbocycles. The van der Waals surface area contributed by atoms with Crippen LogP contribution in [0.1, 0.15) is 33.4 Å². The molecular formula is C35H41NO6. The molecule has 7 heteroatoms. The lowest BCUT2D eigenvalue weighted by molar-refractivity contribution is -0.117. The lowest BCUT2D eigenvalue weighted by atomic mass is 9.92. The van der Waals surface area contributed by atoms with Crippen LogP contribution in [0.2, 0.25) is 0 Å². The summed E-state index contributed by atoms with van der Waals surface area (Å²) in [5.74, 6) is 0. The molecule has 0 fully saturated rings. The smallest absolute Gasteiger partial charge is 0.404 e. The van der Waals surface area contributed by atoms with E-state index in [0.717, 1.165) is 33.4 Å². The van der Waals surface area contributed by atoms with Gasteiger partial charge in [0, 0.05) is 0 Å². The molecule has 0 spiro atoms. The second-order valence-corrected chi connectivity index (χ2v) is 10.0. The fraction of sp³-hybridized carbons (Fsp3) is 0.286. The van der Waals surface area contributed by atoms with Crippen LogP contribution in [-0.4, -0.2) is 45.7 Å². The topological polar surface area (TPSA) is 89.2 Å². The van der Waals surface area contributed by atoms with Crippen molar-refractivity contribution in [2.45, 2.75) is 19.8 Å². The van der Waals surface area contributed by atoms with Gasteiger partial charge in [-0.25, -0.2) is 4.79 Å². The molecule has 3 aromatic carbocycles. The quantitative estimate of drug-likeness (QED) is 0.153. The molecule has 0 unspecified atom stereocenters. The number of benzene rings is 3. The molecule has 0 saturated heterocycles. The van der Waals surface area contributed by atoms with E-state index in [4.69, 9.17) is 29.4 Å². The van der Waals surface area contributed by atoms with Gasteiger partial charge in [-0.1, -0.05) is 111 Å². The van der Waals surface area contributed by atoms with E-state index in [2.05, 4.69) is 19.7 Å². The first-order valence-electron chi connectivity index (χ1n) is 13.8. The largest absolute Gasteiger partial charge is 0.447 e. The molecule has 222 valence electrons. The number of carbonyl (C=O) groups excluding carboxylic acids is 1. The van der Waals surface area contributed by atoms with Gasteiger partial charge < -0.3 is 29.4 Å². The fourth-order valence-electron chi connectivity index (χ4n) is 4.15. The van der Waals surface area contributed by atoms with Gasteiger partial charge in [0.05, 0.1) is 58.3 Å². The van der Waals surface area contributed by atoms with Gasteiger partial charge in [0.1, 0.15) is 6.61 Å². The average molecular weight is 572 g/mol. The zero-order valence-electron chi connectivity index (χ0n) is 24.2. The fourth-order valence-corrected chi connectivity index (χ4v) is 4.15. The van der Waals surface area contributed by atoms with E-state index in [9.17, 15) is 4.79 Å². The van der Waals surface area contributed by atoms with Gasteiger partial charge >= 0.3 is 6.09 Å². The Morgan fingerprint density at radius 2 is 0.905 bits per heavy atom. The second kappa shape index (κ2) is 17.7. The van der Waals surface area contributed by atoms with Gasteiger partial charge in [-0.15, -0.1) is 0 Å². The maximum Gasteiger partial charge on any atom is 0.404 e. The maximum atomic E-state index is 11.0. The Morgan fingerprint density at radius 1 is 0.571 bits per heavy atom. The summed E-state index contributed by atoms with van der Waals surface area (Å²) in [6.45, 7) is 14.1. The minimum atomic E-state index is -0.840. The summed E-state index contributed by atoms with van der Waals surface area (Å²) in [7, 11) is 0. The Hall–Kier alpha value is -4.01. The van der Waals surface area contributed by atoms with Gasteiger partial charge in [-0.3, -0.25) is 0 Å². The van der Waals surface area contributed by atoms with Gasteiger partial charge in [-0.2, -0.15) is 0 Å². The maximum absolute atomic E-state index is 11.0. The van der Waals surface area contributed by atoms with Gasteiger partial charge in [0.25, 0.3) is 0 Å². The van der Waals surface area contributed by atoms with Crippen molar-refractivity contribution in [2.75, 3.05) is 39.6 Å². The van der Waals surface area contributed by atoms with E-state index in [0.29, 0.717) is 39.6 Å². The molecule has 3 rings (SSSR count). The molecule has 0 radical (unpaired) electrons. The van der Waals surface area contributed by atoms with Crippen molar-refractivity contribution in [3.8, 4) is 0 Å². The molecule has 3 aromatic rings. The van der Waals surface area contributed by atoms with Crippen LogP contribution in [0, 0.1) is 5.41 Å². The first-order chi connectivity index (χ1) is 20.4. The Bertz CT molecular complexity index is 1110. The highest BCUT2D eigenvalue weighted by Crippen LogP contribution is 2.24.